The van der Waals surface area contributed by atoms with Crippen LogP contribution < -0.4 is 10.6 Å². The maximum absolute atomic E-state index is 4.70. The van der Waals surface area contributed by atoms with Gasteiger partial charge in [-0.1, -0.05) is 26.7 Å². The predicted octanol–water partition coefficient (Wildman–Crippen LogP) is 2.94. The maximum Gasteiger partial charge on any atom is 0.191 e. The van der Waals surface area contributed by atoms with Gasteiger partial charge in [0.15, 0.2) is 5.96 Å². The Morgan fingerprint density at radius 3 is 2.05 bits per heavy atom. The third-order valence-electron chi connectivity index (χ3n) is 3.89. The highest BCUT2D eigenvalue weighted by Gasteiger charge is 2.19. The Hall–Kier alpha value is -0.0400. The number of aliphatic imine (C=N–C) groups is 1. The predicted molar refractivity (Wildman–Crippen MR) is 101 cm³/mol. The van der Waals surface area contributed by atoms with Gasteiger partial charge in [-0.25, -0.2) is 0 Å². The number of nitrogens with one attached hydrogen (secondary N) is 2. The molecule has 0 amide bonds. The van der Waals surface area contributed by atoms with Gasteiger partial charge in [0.25, 0.3) is 0 Å². The van der Waals surface area contributed by atoms with Crippen LogP contribution in [-0.2, 0) is 0 Å². The van der Waals surface area contributed by atoms with Crippen molar-refractivity contribution < 1.29 is 0 Å². The molecule has 122 valence electrons. The summed E-state index contributed by atoms with van der Waals surface area (Å²) in [7, 11) is 4.19. The van der Waals surface area contributed by atoms with E-state index in [9.17, 15) is 0 Å². The van der Waals surface area contributed by atoms with Crippen LogP contribution in [0.15, 0.2) is 4.99 Å². The first kappa shape index (κ1) is 22.2. The molecule has 0 unspecified atom stereocenters. The van der Waals surface area contributed by atoms with Gasteiger partial charge in [-0.05, 0) is 40.8 Å². The number of hydrogen-bond donors (Lipinski definition) is 2. The average molecular weight is 398 g/mol. The Bertz CT molecular complexity index is 261. The molecular formula is C15H35IN4. The second kappa shape index (κ2) is 11.6. The Balaban J connectivity index is 0. The number of nitrogens with zero attached hydrogens (tertiary/aromatic N) is 2. The van der Waals surface area contributed by atoms with E-state index in [2.05, 4.69) is 64.2 Å². The van der Waals surface area contributed by atoms with E-state index in [4.69, 9.17) is 4.99 Å². The van der Waals surface area contributed by atoms with Gasteiger partial charge in [0.1, 0.15) is 0 Å². The fourth-order valence-electron chi connectivity index (χ4n) is 1.57. The van der Waals surface area contributed by atoms with Crippen LogP contribution in [0.3, 0.4) is 0 Å². The highest BCUT2D eigenvalue weighted by molar-refractivity contribution is 14.0. The lowest BCUT2D eigenvalue weighted by molar-refractivity contribution is 0.204. The molecule has 0 aromatic carbocycles. The average Bonchev–Trinajstić information content (AvgIpc) is 2.36. The summed E-state index contributed by atoms with van der Waals surface area (Å²) in [5.41, 5.74) is 0.0806. The lowest BCUT2D eigenvalue weighted by atomic mass is 10.0. The molecule has 0 aliphatic heterocycles. The molecule has 20 heavy (non-hydrogen) atoms. The van der Waals surface area contributed by atoms with E-state index < -0.39 is 0 Å². The van der Waals surface area contributed by atoms with Gasteiger partial charge in [0.05, 0.1) is 6.54 Å². The maximum atomic E-state index is 4.70. The van der Waals surface area contributed by atoms with Gasteiger partial charge in [-0.2, -0.15) is 0 Å². The number of rotatable bonds is 8. The second-order valence-corrected chi connectivity index (χ2v) is 5.97. The van der Waals surface area contributed by atoms with Crippen molar-refractivity contribution in [3.63, 3.8) is 0 Å². The van der Waals surface area contributed by atoms with Gasteiger partial charge >= 0.3 is 0 Å². The van der Waals surface area contributed by atoms with Crippen LogP contribution in [0, 0.1) is 5.92 Å². The van der Waals surface area contributed by atoms with Crippen molar-refractivity contribution in [2.75, 3.05) is 33.7 Å². The quantitative estimate of drug-likeness (QED) is 0.375. The highest BCUT2D eigenvalue weighted by Crippen LogP contribution is 2.10. The molecule has 5 heteroatoms. The summed E-state index contributed by atoms with van der Waals surface area (Å²) in [6.45, 7) is 13.7. The third kappa shape index (κ3) is 9.00. The summed E-state index contributed by atoms with van der Waals surface area (Å²) in [5.74, 6) is 1.66. The van der Waals surface area contributed by atoms with Crippen LogP contribution >= 0.6 is 24.0 Å². The number of halogens is 1. The van der Waals surface area contributed by atoms with Gasteiger partial charge < -0.3 is 15.5 Å². The summed E-state index contributed by atoms with van der Waals surface area (Å²) in [6, 6.07) is 0. The fraction of sp³-hybridized carbons (Fsp3) is 0.933. The first-order valence-corrected chi connectivity index (χ1v) is 7.56. The lowest BCUT2D eigenvalue weighted by Gasteiger charge is -2.31. The SMILES string of the molecule is CCNC(=NCC(C)(C)N(C)C)NCC(CC)CC.I. The van der Waals surface area contributed by atoms with E-state index in [-0.39, 0.29) is 29.5 Å². The van der Waals surface area contributed by atoms with Crippen molar-refractivity contribution in [1.82, 2.24) is 15.5 Å². The molecule has 0 spiro atoms. The van der Waals surface area contributed by atoms with Crippen molar-refractivity contribution in [3.05, 3.63) is 0 Å². The Morgan fingerprint density at radius 1 is 1.10 bits per heavy atom. The summed E-state index contributed by atoms with van der Waals surface area (Å²) in [4.78, 5) is 6.91. The van der Waals surface area contributed by atoms with E-state index in [1.54, 1.807) is 0 Å². The Kier molecular flexibility index (Phi) is 12.9. The Labute approximate surface area is 143 Å². The molecule has 0 aromatic heterocycles. The van der Waals surface area contributed by atoms with Crippen LogP contribution in [-0.4, -0.2) is 50.1 Å². The van der Waals surface area contributed by atoms with E-state index in [1.807, 2.05) is 0 Å². The fourth-order valence-corrected chi connectivity index (χ4v) is 1.57. The van der Waals surface area contributed by atoms with E-state index in [0.29, 0.717) is 0 Å². The smallest absolute Gasteiger partial charge is 0.191 e. The normalized spacial score (nSPS) is 12.6. The molecule has 0 atom stereocenters. The molecule has 0 aliphatic carbocycles. The van der Waals surface area contributed by atoms with Crippen LogP contribution in [0.1, 0.15) is 47.5 Å². The van der Waals surface area contributed by atoms with Gasteiger partial charge in [0.2, 0.25) is 0 Å². The van der Waals surface area contributed by atoms with Gasteiger partial charge in [-0.3, -0.25) is 4.99 Å². The van der Waals surface area contributed by atoms with Crippen LogP contribution in [0.5, 0.6) is 0 Å². The lowest BCUT2D eigenvalue weighted by Crippen LogP contribution is -2.44. The molecule has 0 fully saturated rings. The van der Waals surface area contributed by atoms with Crippen molar-refractivity contribution in [1.29, 1.82) is 0 Å². The first-order valence-electron chi connectivity index (χ1n) is 7.56. The standard InChI is InChI=1S/C15H34N4.HI/c1-8-13(9-2)11-17-14(16-10-3)18-12-15(4,5)19(6)7;/h13H,8-12H2,1-7H3,(H2,16,17,18);1H. The summed E-state index contributed by atoms with van der Waals surface area (Å²) < 4.78 is 0. The summed E-state index contributed by atoms with van der Waals surface area (Å²) in [5, 5.41) is 6.77. The third-order valence-corrected chi connectivity index (χ3v) is 3.89. The minimum absolute atomic E-state index is 0. The second-order valence-electron chi connectivity index (χ2n) is 5.97. The molecule has 4 nitrogen and oxygen atoms in total. The minimum Gasteiger partial charge on any atom is -0.357 e. The molecule has 0 heterocycles. The highest BCUT2D eigenvalue weighted by atomic mass is 127. The van der Waals surface area contributed by atoms with E-state index in [1.165, 1.54) is 12.8 Å². The summed E-state index contributed by atoms with van der Waals surface area (Å²) in [6.07, 6.45) is 2.43. The van der Waals surface area contributed by atoms with E-state index in [0.717, 1.165) is 31.5 Å². The van der Waals surface area contributed by atoms with Crippen molar-refractivity contribution in [3.8, 4) is 0 Å². The monoisotopic (exact) mass is 398 g/mol. The molecule has 0 aliphatic rings. The zero-order valence-corrected chi connectivity index (χ0v) is 16.7. The minimum atomic E-state index is 0. The topological polar surface area (TPSA) is 39.7 Å². The molecular weight excluding hydrogens is 363 g/mol. The molecule has 2 N–H and O–H groups in total. The molecule has 0 rings (SSSR count). The van der Waals surface area contributed by atoms with Crippen LogP contribution in [0.2, 0.25) is 0 Å². The van der Waals surface area contributed by atoms with Crippen LogP contribution in [0.25, 0.3) is 0 Å². The molecule has 0 aromatic rings. The Morgan fingerprint density at radius 2 is 1.65 bits per heavy atom. The molecule has 0 bridgehead atoms. The van der Waals surface area contributed by atoms with Crippen LogP contribution in [0.4, 0.5) is 0 Å². The number of likely N-dealkylation sites (N-methyl/N-ethyl adjacent to an activating group) is 1. The zero-order valence-electron chi connectivity index (χ0n) is 14.4. The largest absolute Gasteiger partial charge is 0.357 e. The first-order chi connectivity index (χ1) is 8.87. The van der Waals surface area contributed by atoms with Crippen molar-refractivity contribution >= 4 is 29.9 Å². The van der Waals surface area contributed by atoms with Crippen molar-refractivity contribution in [2.45, 2.75) is 53.0 Å². The van der Waals surface area contributed by atoms with E-state index >= 15 is 0 Å². The molecule has 0 saturated carbocycles. The number of hydrogen-bond acceptors (Lipinski definition) is 2. The zero-order chi connectivity index (χ0) is 14.9. The number of guanidine groups is 1. The molecule has 0 radical (unpaired) electrons. The van der Waals surface area contributed by atoms with Gasteiger partial charge in [0, 0.05) is 18.6 Å². The van der Waals surface area contributed by atoms with Gasteiger partial charge in [-0.15, -0.1) is 24.0 Å². The van der Waals surface area contributed by atoms with Crippen molar-refractivity contribution in [2.24, 2.45) is 10.9 Å². The molecule has 0 saturated heterocycles. The summed E-state index contributed by atoms with van der Waals surface area (Å²) >= 11 is 0.